The number of hydrogen-bond donors (Lipinski definition) is 0. The third kappa shape index (κ3) is 1.67. The highest BCUT2D eigenvalue weighted by Crippen LogP contribution is 2.08. The van der Waals surface area contributed by atoms with Gasteiger partial charge in [0.05, 0.1) is 6.20 Å². The molecule has 11 heavy (non-hydrogen) atoms. The Labute approximate surface area is 65.7 Å². The quantitative estimate of drug-likeness (QED) is 0.599. The summed E-state index contributed by atoms with van der Waals surface area (Å²) in [5, 5.41) is 3.90. The van der Waals surface area contributed by atoms with Crippen LogP contribution in [0.2, 0.25) is 0 Å². The minimum absolute atomic E-state index is 0.0452. The predicted molar refractivity (Wildman–Crippen MR) is 43.6 cm³/mol. The summed E-state index contributed by atoms with van der Waals surface area (Å²) in [4.78, 5) is 11.0. The molecule has 1 heterocycles. The largest absolute Gasteiger partial charge is 0.268 e. The van der Waals surface area contributed by atoms with Crippen LogP contribution < -0.4 is 5.56 Å². The molecule has 1 aromatic rings. The Morgan fingerprint density at radius 3 is 2.64 bits per heavy atom. The average Bonchev–Trinajstić information content (AvgIpc) is 1.94. The number of rotatable bonds is 1. The molecule has 0 bridgehead atoms. The monoisotopic (exact) mass is 152 g/mol. The van der Waals surface area contributed by atoms with Gasteiger partial charge in [0.2, 0.25) is 0 Å². The van der Waals surface area contributed by atoms with Gasteiger partial charge in [0, 0.05) is 13.1 Å². The van der Waals surface area contributed by atoms with E-state index in [-0.39, 0.29) is 5.56 Å². The third-order valence-electron chi connectivity index (χ3n) is 1.66. The van der Waals surface area contributed by atoms with E-state index in [2.05, 4.69) is 5.10 Å². The van der Waals surface area contributed by atoms with Crippen molar-refractivity contribution in [3.05, 3.63) is 28.2 Å². The molecule has 0 aliphatic heterocycles. The van der Waals surface area contributed by atoms with Gasteiger partial charge in [0.1, 0.15) is 0 Å². The highest BCUT2D eigenvalue weighted by Gasteiger charge is 2.00. The Bertz CT molecular complexity index is 301. The first-order valence-corrected chi connectivity index (χ1v) is 3.64. The van der Waals surface area contributed by atoms with Crippen LogP contribution in [-0.2, 0) is 7.05 Å². The highest BCUT2D eigenvalue weighted by atomic mass is 16.1. The van der Waals surface area contributed by atoms with Gasteiger partial charge < -0.3 is 0 Å². The zero-order valence-electron chi connectivity index (χ0n) is 7.03. The van der Waals surface area contributed by atoms with Gasteiger partial charge in [-0.1, -0.05) is 13.8 Å². The molecule has 0 spiro atoms. The van der Waals surface area contributed by atoms with Crippen LogP contribution in [0.25, 0.3) is 0 Å². The number of hydrogen-bond acceptors (Lipinski definition) is 2. The van der Waals surface area contributed by atoms with Crippen molar-refractivity contribution in [2.24, 2.45) is 7.05 Å². The van der Waals surface area contributed by atoms with E-state index in [4.69, 9.17) is 0 Å². The molecule has 0 saturated carbocycles. The second-order valence-corrected chi connectivity index (χ2v) is 2.91. The zero-order valence-corrected chi connectivity index (χ0v) is 7.03. The van der Waals surface area contributed by atoms with Crippen LogP contribution in [0.15, 0.2) is 17.1 Å². The summed E-state index contributed by atoms with van der Waals surface area (Å²) < 4.78 is 1.33. The lowest BCUT2D eigenvalue weighted by Gasteiger charge is -2.03. The molecule has 0 unspecified atom stereocenters. The maximum absolute atomic E-state index is 11.0. The summed E-state index contributed by atoms with van der Waals surface area (Å²) >= 11 is 0. The second kappa shape index (κ2) is 2.86. The van der Waals surface area contributed by atoms with E-state index < -0.39 is 0 Å². The Morgan fingerprint density at radius 1 is 1.55 bits per heavy atom. The van der Waals surface area contributed by atoms with Gasteiger partial charge in [0.25, 0.3) is 5.56 Å². The molecule has 3 nitrogen and oxygen atoms in total. The first-order valence-electron chi connectivity index (χ1n) is 3.64. The molecule has 1 rings (SSSR count). The lowest BCUT2D eigenvalue weighted by Crippen LogP contribution is -2.19. The Hall–Kier alpha value is -1.12. The van der Waals surface area contributed by atoms with Crippen molar-refractivity contribution in [3.63, 3.8) is 0 Å². The topological polar surface area (TPSA) is 34.9 Å². The van der Waals surface area contributed by atoms with Crippen molar-refractivity contribution in [2.75, 3.05) is 0 Å². The average molecular weight is 152 g/mol. The van der Waals surface area contributed by atoms with E-state index in [9.17, 15) is 4.79 Å². The van der Waals surface area contributed by atoms with Crippen molar-refractivity contribution in [3.8, 4) is 0 Å². The standard InChI is InChI=1S/C8H12N2O/c1-6(2)7-4-8(11)10(3)9-5-7/h4-6H,1-3H3. The molecule has 0 aromatic carbocycles. The highest BCUT2D eigenvalue weighted by molar-refractivity contribution is 5.10. The van der Waals surface area contributed by atoms with Gasteiger partial charge in [-0.15, -0.1) is 0 Å². The number of aromatic nitrogens is 2. The second-order valence-electron chi connectivity index (χ2n) is 2.91. The fraction of sp³-hybridized carbons (Fsp3) is 0.500. The summed E-state index contributed by atoms with van der Waals surface area (Å²) in [6, 6.07) is 1.62. The Morgan fingerprint density at radius 2 is 2.18 bits per heavy atom. The molecule has 0 atom stereocenters. The van der Waals surface area contributed by atoms with Gasteiger partial charge in [-0.2, -0.15) is 5.10 Å². The smallest absolute Gasteiger partial charge is 0.266 e. The van der Waals surface area contributed by atoms with E-state index in [1.54, 1.807) is 19.3 Å². The fourth-order valence-electron chi connectivity index (χ4n) is 0.799. The Kier molecular flexibility index (Phi) is 2.08. The molecule has 0 N–H and O–H groups in total. The minimum Gasteiger partial charge on any atom is -0.268 e. The fourth-order valence-corrected chi connectivity index (χ4v) is 0.799. The van der Waals surface area contributed by atoms with Gasteiger partial charge >= 0.3 is 0 Å². The zero-order chi connectivity index (χ0) is 8.43. The van der Waals surface area contributed by atoms with Crippen molar-refractivity contribution in [2.45, 2.75) is 19.8 Å². The van der Waals surface area contributed by atoms with Crippen molar-refractivity contribution >= 4 is 0 Å². The SMILES string of the molecule is CC(C)c1cnn(C)c(=O)c1. The minimum atomic E-state index is -0.0452. The van der Waals surface area contributed by atoms with Crippen LogP contribution in [-0.4, -0.2) is 9.78 Å². The molecule has 1 aromatic heterocycles. The van der Waals surface area contributed by atoms with Crippen LogP contribution in [0.1, 0.15) is 25.3 Å². The molecular formula is C8H12N2O. The number of aryl methyl sites for hydroxylation is 1. The lowest BCUT2D eigenvalue weighted by atomic mass is 10.1. The maximum Gasteiger partial charge on any atom is 0.266 e. The normalized spacial score (nSPS) is 10.5. The van der Waals surface area contributed by atoms with Crippen molar-refractivity contribution < 1.29 is 0 Å². The first kappa shape index (κ1) is 7.98. The van der Waals surface area contributed by atoms with Crippen molar-refractivity contribution in [1.82, 2.24) is 9.78 Å². The molecule has 0 aliphatic rings. The van der Waals surface area contributed by atoms with Crippen LogP contribution >= 0.6 is 0 Å². The number of nitrogens with zero attached hydrogens (tertiary/aromatic N) is 2. The Balaban J connectivity index is 3.16. The predicted octanol–water partition coefficient (Wildman–Crippen LogP) is 0.904. The molecule has 3 heteroatoms. The molecule has 60 valence electrons. The first-order chi connectivity index (χ1) is 5.11. The molecule has 0 fully saturated rings. The molecular weight excluding hydrogens is 140 g/mol. The molecule has 0 radical (unpaired) electrons. The van der Waals surface area contributed by atoms with E-state index in [0.717, 1.165) is 5.56 Å². The van der Waals surface area contributed by atoms with E-state index >= 15 is 0 Å². The third-order valence-corrected chi connectivity index (χ3v) is 1.66. The summed E-state index contributed by atoms with van der Waals surface area (Å²) in [6.45, 7) is 4.08. The van der Waals surface area contributed by atoms with Gasteiger partial charge in [-0.3, -0.25) is 4.79 Å². The maximum atomic E-state index is 11.0. The molecule has 0 amide bonds. The van der Waals surface area contributed by atoms with Crippen LogP contribution in [0.5, 0.6) is 0 Å². The molecule has 0 aliphatic carbocycles. The summed E-state index contributed by atoms with van der Waals surface area (Å²) in [6.07, 6.45) is 1.73. The van der Waals surface area contributed by atoms with Gasteiger partial charge in [-0.05, 0) is 11.5 Å². The van der Waals surface area contributed by atoms with E-state index in [1.807, 2.05) is 13.8 Å². The van der Waals surface area contributed by atoms with Crippen molar-refractivity contribution in [1.29, 1.82) is 0 Å². The van der Waals surface area contributed by atoms with Crippen LogP contribution in [0.3, 0.4) is 0 Å². The summed E-state index contributed by atoms with van der Waals surface area (Å²) in [5.41, 5.74) is 0.948. The lowest BCUT2D eigenvalue weighted by molar-refractivity contribution is 0.689. The molecule has 0 saturated heterocycles. The van der Waals surface area contributed by atoms with E-state index in [1.165, 1.54) is 4.68 Å². The van der Waals surface area contributed by atoms with Gasteiger partial charge in [-0.25, -0.2) is 4.68 Å². The summed E-state index contributed by atoms with van der Waals surface area (Å²) in [5.74, 6) is 0.372. The van der Waals surface area contributed by atoms with Crippen LogP contribution in [0.4, 0.5) is 0 Å². The van der Waals surface area contributed by atoms with Gasteiger partial charge in [0.15, 0.2) is 0 Å². The summed E-state index contributed by atoms with van der Waals surface area (Å²) in [7, 11) is 1.65. The van der Waals surface area contributed by atoms with E-state index in [0.29, 0.717) is 5.92 Å². The van der Waals surface area contributed by atoms with Crippen LogP contribution in [0, 0.1) is 0 Å².